The van der Waals surface area contributed by atoms with E-state index >= 15 is 0 Å². The number of fused-ring (bicyclic) bond motifs is 3. The maximum atomic E-state index is 12.4. The molecule has 1 unspecified atom stereocenters. The van der Waals surface area contributed by atoms with Crippen molar-refractivity contribution in [1.29, 1.82) is 0 Å². The topological polar surface area (TPSA) is 134 Å². The number of hydrogen-bond acceptors (Lipinski definition) is 5. The minimum Gasteiger partial charge on any atom is -0.480 e. The Morgan fingerprint density at radius 2 is 1.43 bits per heavy atom. The first-order valence-corrected chi connectivity index (χ1v) is 10.5. The first-order chi connectivity index (χ1) is 16.5. The van der Waals surface area contributed by atoms with Crippen molar-refractivity contribution in [2.75, 3.05) is 19.7 Å². The molecule has 1 aliphatic carbocycles. The second-order valence-corrected chi connectivity index (χ2v) is 7.73. The molecule has 3 amide bonds. The van der Waals surface area contributed by atoms with Gasteiger partial charge in [0.1, 0.15) is 19.2 Å². The Morgan fingerprint density at radius 1 is 0.886 bits per heavy atom. The van der Waals surface area contributed by atoms with Gasteiger partial charge in [0.25, 0.3) is 0 Å². The zero-order valence-corrected chi connectivity index (χ0v) is 18.2. The lowest BCUT2D eigenvalue weighted by Crippen LogP contribution is -2.48. The lowest BCUT2D eigenvalue weighted by Gasteiger charge is -2.16. The van der Waals surface area contributed by atoms with E-state index in [1.807, 2.05) is 48.5 Å². The molecular weight excluding hydrogens is 471 g/mol. The van der Waals surface area contributed by atoms with Crippen molar-refractivity contribution in [2.24, 2.45) is 0 Å². The zero-order chi connectivity index (χ0) is 25.6. The number of alkyl carbamates (subject to hydrolysis) is 1. The second kappa shape index (κ2) is 10.9. The van der Waals surface area contributed by atoms with E-state index in [-0.39, 0.29) is 12.5 Å². The van der Waals surface area contributed by atoms with Crippen molar-refractivity contribution in [1.82, 2.24) is 16.0 Å². The molecule has 0 saturated heterocycles. The molecule has 0 radical (unpaired) electrons. The number of carboxylic acid groups (broad SMARTS) is 1. The highest BCUT2D eigenvalue weighted by atomic mass is 19.4. The molecule has 0 saturated carbocycles. The van der Waals surface area contributed by atoms with E-state index in [2.05, 4.69) is 10.6 Å². The maximum absolute atomic E-state index is 12.4. The number of alkyl halides is 3. The van der Waals surface area contributed by atoms with Gasteiger partial charge in [-0.25, -0.2) is 9.59 Å². The summed E-state index contributed by atoms with van der Waals surface area (Å²) < 4.78 is 42.4. The quantitative estimate of drug-likeness (QED) is 0.423. The van der Waals surface area contributed by atoms with Crippen molar-refractivity contribution in [3.63, 3.8) is 0 Å². The van der Waals surface area contributed by atoms with E-state index in [0.29, 0.717) is 0 Å². The van der Waals surface area contributed by atoms with Gasteiger partial charge in [-0.2, -0.15) is 13.2 Å². The van der Waals surface area contributed by atoms with Crippen LogP contribution in [0.4, 0.5) is 18.0 Å². The molecule has 9 nitrogen and oxygen atoms in total. The number of hydrogen-bond donors (Lipinski definition) is 4. The Kier molecular flexibility index (Phi) is 7.94. The van der Waals surface area contributed by atoms with Crippen LogP contribution in [0.3, 0.4) is 0 Å². The zero-order valence-electron chi connectivity index (χ0n) is 18.2. The summed E-state index contributed by atoms with van der Waals surface area (Å²) in [6.45, 7) is -1.30. The summed E-state index contributed by atoms with van der Waals surface area (Å²) in [4.78, 5) is 46.4. The number of halogens is 3. The van der Waals surface area contributed by atoms with Crippen LogP contribution in [-0.4, -0.2) is 60.9 Å². The number of nitrogens with one attached hydrogen (secondary N) is 3. The highest BCUT2D eigenvalue weighted by Crippen LogP contribution is 2.44. The van der Waals surface area contributed by atoms with Crippen LogP contribution in [0.1, 0.15) is 23.5 Å². The fraction of sp³-hybridized carbons (Fsp3) is 0.304. The fourth-order valence-electron chi connectivity index (χ4n) is 3.72. The van der Waals surface area contributed by atoms with Gasteiger partial charge in [-0.3, -0.25) is 9.59 Å². The SMILES string of the molecule is O=C(CNC(=O)OCC1c2ccccc2-c2ccccc21)NCC(=O)NC(CC(F)(F)F)C(=O)O. The van der Waals surface area contributed by atoms with E-state index < -0.39 is 55.6 Å². The van der Waals surface area contributed by atoms with Gasteiger partial charge < -0.3 is 25.8 Å². The largest absolute Gasteiger partial charge is 0.480 e. The molecule has 3 rings (SSSR count). The number of ether oxygens (including phenoxy) is 1. The smallest absolute Gasteiger partial charge is 0.407 e. The molecule has 35 heavy (non-hydrogen) atoms. The third kappa shape index (κ3) is 6.95. The molecule has 1 aliphatic rings. The molecule has 4 N–H and O–H groups in total. The van der Waals surface area contributed by atoms with E-state index in [9.17, 15) is 32.3 Å². The average Bonchev–Trinajstić information content (AvgIpc) is 3.12. The van der Waals surface area contributed by atoms with Gasteiger partial charge in [0.15, 0.2) is 0 Å². The van der Waals surface area contributed by atoms with Crippen molar-refractivity contribution in [3.8, 4) is 11.1 Å². The molecule has 2 aromatic carbocycles. The predicted octanol–water partition coefficient (Wildman–Crippen LogP) is 2.16. The molecule has 0 aliphatic heterocycles. The van der Waals surface area contributed by atoms with Crippen LogP contribution in [0, 0.1) is 0 Å². The number of aliphatic carboxylic acids is 1. The standard InChI is InChI=1S/C23H22F3N3O6/c24-23(25,26)9-18(21(32)33)29-20(31)11-27-19(30)10-28-22(34)35-12-17-15-7-3-1-5-13(15)14-6-2-4-8-16(14)17/h1-8,17-18H,9-12H2,(H,27,30)(H,28,34)(H,29,31)(H,32,33). The maximum Gasteiger partial charge on any atom is 0.407 e. The summed E-state index contributed by atoms with van der Waals surface area (Å²) in [6.07, 6.45) is -7.43. The molecule has 0 fully saturated rings. The first kappa shape index (κ1) is 25.5. The normalized spacial score (nSPS) is 13.2. The van der Waals surface area contributed by atoms with Gasteiger partial charge in [-0.15, -0.1) is 0 Å². The van der Waals surface area contributed by atoms with E-state index in [1.165, 1.54) is 0 Å². The van der Waals surface area contributed by atoms with Gasteiger partial charge >= 0.3 is 18.2 Å². The van der Waals surface area contributed by atoms with Crippen molar-refractivity contribution < 1.29 is 42.2 Å². The highest BCUT2D eigenvalue weighted by molar-refractivity contribution is 5.89. The number of carboxylic acids is 1. The third-order valence-electron chi connectivity index (χ3n) is 5.25. The van der Waals surface area contributed by atoms with Crippen LogP contribution < -0.4 is 16.0 Å². The summed E-state index contributed by atoms with van der Waals surface area (Å²) in [7, 11) is 0. The Labute approximate surface area is 197 Å². The first-order valence-electron chi connectivity index (χ1n) is 10.5. The predicted molar refractivity (Wildman–Crippen MR) is 116 cm³/mol. The van der Waals surface area contributed by atoms with E-state index in [0.717, 1.165) is 22.3 Å². The number of carbonyl (C=O) groups is 4. The molecule has 0 aromatic heterocycles. The van der Waals surface area contributed by atoms with E-state index in [4.69, 9.17) is 9.84 Å². The van der Waals surface area contributed by atoms with Gasteiger partial charge in [0, 0.05) is 5.92 Å². The van der Waals surface area contributed by atoms with Crippen molar-refractivity contribution >= 4 is 23.9 Å². The second-order valence-electron chi connectivity index (χ2n) is 7.73. The van der Waals surface area contributed by atoms with Gasteiger partial charge in [-0.05, 0) is 22.3 Å². The van der Waals surface area contributed by atoms with Crippen LogP contribution in [0.2, 0.25) is 0 Å². The molecule has 0 bridgehead atoms. The van der Waals surface area contributed by atoms with Crippen LogP contribution in [0.15, 0.2) is 48.5 Å². The molecular formula is C23H22F3N3O6. The van der Waals surface area contributed by atoms with E-state index in [1.54, 1.807) is 5.32 Å². The Morgan fingerprint density at radius 3 is 1.97 bits per heavy atom. The Hall–Kier alpha value is -4.09. The summed E-state index contributed by atoms with van der Waals surface area (Å²) in [6, 6.07) is 13.3. The van der Waals surface area contributed by atoms with Crippen LogP contribution >= 0.6 is 0 Å². The van der Waals surface area contributed by atoms with Crippen LogP contribution in [0.25, 0.3) is 11.1 Å². The molecule has 12 heteroatoms. The summed E-state index contributed by atoms with van der Waals surface area (Å²) in [5.41, 5.74) is 4.12. The van der Waals surface area contributed by atoms with Crippen LogP contribution in [-0.2, 0) is 19.1 Å². The number of amides is 3. The molecule has 0 heterocycles. The van der Waals surface area contributed by atoms with Gasteiger partial charge in [-0.1, -0.05) is 48.5 Å². The van der Waals surface area contributed by atoms with Gasteiger partial charge in [0.2, 0.25) is 11.8 Å². The van der Waals surface area contributed by atoms with Crippen molar-refractivity contribution in [3.05, 3.63) is 59.7 Å². The van der Waals surface area contributed by atoms with Crippen LogP contribution in [0.5, 0.6) is 0 Å². The Balaban J connectivity index is 1.42. The average molecular weight is 493 g/mol. The minimum atomic E-state index is -4.80. The minimum absolute atomic E-state index is 0.0274. The lowest BCUT2D eigenvalue weighted by atomic mass is 9.98. The summed E-state index contributed by atoms with van der Waals surface area (Å²) >= 11 is 0. The highest BCUT2D eigenvalue weighted by Gasteiger charge is 2.36. The number of rotatable bonds is 9. The Bertz CT molecular complexity index is 1080. The summed E-state index contributed by atoms with van der Waals surface area (Å²) in [5, 5.41) is 14.8. The molecule has 1 atom stereocenters. The fourth-order valence-corrected chi connectivity index (χ4v) is 3.72. The summed E-state index contributed by atoms with van der Waals surface area (Å²) in [5.74, 6) is -3.99. The molecule has 2 aromatic rings. The molecule has 0 spiro atoms. The molecule has 186 valence electrons. The monoisotopic (exact) mass is 493 g/mol. The number of benzene rings is 2. The third-order valence-corrected chi connectivity index (χ3v) is 5.25. The lowest BCUT2D eigenvalue weighted by molar-refractivity contribution is -0.159. The number of carbonyl (C=O) groups excluding carboxylic acids is 3. The van der Waals surface area contributed by atoms with Gasteiger partial charge in [0.05, 0.1) is 13.0 Å². The van der Waals surface area contributed by atoms with Crippen molar-refractivity contribution in [2.45, 2.75) is 24.6 Å².